The number of methoxy groups -OCH3 is 1. The third-order valence-corrected chi connectivity index (χ3v) is 4.05. The predicted molar refractivity (Wildman–Crippen MR) is 74.2 cm³/mol. The van der Waals surface area contributed by atoms with Crippen LogP contribution < -0.4 is 0 Å². The van der Waals surface area contributed by atoms with Gasteiger partial charge in [0.2, 0.25) is 0 Å². The third-order valence-electron chi connectivity index (χ3n) is 3.68. The van der Waals surface area contributed by atoms with Crippen molar-refractivity contribution in [3.63, 3.8) is 0 Å². The van der Waals surface area contributed by atoms with Gasteiger partial charge in [-0.05, 0) is 25.3 Å². The van der Waals surface area contributed by atoms with E-state index >= 15 is 0 Å². The second-order valence-corrected chi connectivity index (χ2v) is 5.78. The third kappa shape index (κ3) is 3.99. The van der Waals surface area contributed by atoms with E-state index in [1.165, 1.54) is 32.1 Å². The van der Waals surface area contributed by atoms with Crippen molar-refractivity contribution in [1.29, 1.82) is 0 Å². The zero-order valence-electron chi connectivity index (χ0n) is 11.1. The molecule has 1 saturated carbocycles. The number of ether oxygens (including phenoxy) is 1. The van der Waals surface area contributed by atoms with Gasteiger partial charge >= 0.3 is 0 Å². The molecule has 0 saturated heterocycles. The van der Waals surface area contributed by atoms with E-state index in [0.29, 0.717) is 6.04 Å². The van der Waals surface area contributed by atoms with Crippen LogP contribution in [0.5, 0.6) is 0 Å². The summed E-state index contributed by atoms with van der Waals surface area (Å²) in [6.07, 6.45) is 10.4. The van der Waals surface area contributed by atoms with Gasteiger partial charge in [-0.25, -0.2) is 0 Å². The molecule has 1 aromatic rings. The van der Waals surface area contributed by atoms with Crippen LogP contribution in [0.2, 0.25) is 0 Å². The van der Waals surface area contributed by atoms with E-state index in [9.17, 15) is 0 Å². The van der Waals surface area contributed by atoms with Crippen LogP contribution in [0.15, 0.2) is 12.3 Å². The van der Waals surface area contributed by atoms with E-state index in [2.05, 4.69) is 22.0 Å². The molecule has 0 aromatic carbocycles. The van der Waals surface area contributed by atoms with Crippen LogP contribution in [-0.4, -0.2) is 28.9 Å². The summed E-state index contributed by atoms with van der Waals surface area (Å²) < 4.78 is 7.19. The fraction of sp³-hybridized carbons (Fsp3) is 0.786. The number of hydrogen-bond donors (Lipinski definition) is 0. The molecule has 1 aliphatic rings. The number of alkyl halides is 1. The van der Waals surface area contributed by atoms with Crippen molar-refractivity contribution in [3.8, 4) is 0 Å². The highest BCUT2D eigenvalue weighted by atomic mass is 35.5. The van der Waals surface area contributed by atoms with Gasteiger partial charge in [0.25, 0.3) is 0 Å². The van der Waals surface area contributed by atoms with Crippen molar-refractivity contribution in [2.24, 2.45) is 0 Å². The first kappa shape index (κ1) is 13.9. The summed E-state index contributed by atoms with van der Waals surface area (Å²) in [6, 6.07) is 2.72. The monoisotopic (exact) mass is 270 g/mol. The molecule has 0 amide bonds. The maximum atomic E-state index is 6.26. The minimum atomic E-state index is 0.125. The van der Waals surface area contributed by atoms with Crippen molar-refractivity contribution >= 4 is 11.6 Å². The molecular weight excluding hydrogens is 248 g/mol. The Labute approximate surface area is 114 Å². The molecule has 1 aromatic heterocycles. The summed E-state index contributed by atoms with van der Waals surface area (Å²) >= 11 is 6.26. The lowest BCUT2D eigenvalue weighted by atomic mass is 9.96. The van der Waals surface area contributed by atoms with E-state index in [4.69, 9.17) is 16.3 Å². The number of halogens is 1. The van der Waals surface area contributed by atoms with Gasteiger partial charge in [-0.1, -0.05) is 19.3 Å². The van der Waals surface area contributed by atoms with Gasteiger partial charge in [-0.15, -0.1) is 11.6 Å². The normalized spacial score (nSPS) is 19.0. The van der Waals surface area contributed by atoms with Crippen molar-refractivity contribution in [1.82, 2.24) is 9.78 Å². The highest BCUT2D eigenvalue weighted by Crippen LogP contribution is 2.27. The highest BCUT2D eigenvalue weighted by Gasteiger charge is 2.16. The molecule has 102 valence electrons. The maximum absolute atomic E-state index is 6.26. The molecule has 1 fully saturated rings. The Kier molecular flexibility index (Phi) is 5.51. The first-order chi connectivity index (χ1) is 8.79. The number of aromatic nitrogens is 2. The van der Waals surface area contributed by atoms with Crippen molar-refractivity contribution in [2.75, 3.05) is 13.7 Å². The summed E-state index contributed by atoms with van der Waals surface area (Å²) in [6.45, 7) is 0.720. The number of hydrogen-bond acceptors (Lipinski definition) is 2. The first-order valence-electron chi connectivity index (χ1n) is 6.96. The molecule has 3 nitrogen and oxygen atoms in total. The van der Waals surface area contributed by atoms with Gasteiger partial charge in [-0.2, -0.15) is 5.10 Å². The molecular formula is C14H23ClN2O. The SMILES string of the molecule is COCCC(Cl)Cc1ccn(C2CCCCC2)n1. The van der Waals surface area contributed by atoms with Crippen molar-refractivity contribution in [2.45, 2.75) is 56.4 Å². The smallest absolute Gasteiger partial charge is 0.0639 e. The molecule has 0 radical (unpaired) electrons. The van der Waals surface area contributed by atoms with Crippen LogP contribution in [0.25, 0.3) is 0 Å². The maximum Gasteiger partial charge on any atom is 0.0639 e. The molecule has 0 spiro atoms. The summed E-state index contributed by atoms with van der Waals surface area (Å²) in [5.74, 6) is 0. The van der Waals surface area contributed by atoms with Crippen LogP contribution in [0.1, 0.15) is 50.3 Å². The Hall–Kier alpha value is -0.540. The zero-order chi connectivity index (χ0) is 12.8. The fourth-order valence-electron chi connectivity index (χ4n) is 2.61. The Morgan fingerprint density at radius 3 is 2.94 bits per heavy atom. The topological polar surface area (TPSA) is 27.1 Å². The quantitative estimate of drug-likeness (QED) is 0.739. The Morgan fingerprint density at radius 2 is 2.22 bits per heavy atom. The van der Waals surface area contributed by atoms with Gasteiger partial charge < -0.3 is 4.74 Å². The van der Waals surface area contributed by atoms with Gasteiger partial charge in [0.15, 0.2) is 0 Å². The summed E-state index contributed by atoms with van der Waals surface area (Å²) in [5, 5.41) is 4.80. The number of nitrogens with zero attached hydrogens (tertiary/aromatic N) is 2. The van der Waals surface area contributed by atoms with Gasteiger partial charge in [0.1, 0.15) is 0 Å². The average molecular weight is 271 g/mol. The fourth-order valence-corrected chi connectivity index (χ4v) is 2.86. The minimum Gasteiger partial charge on any atom is -0.385 e. The molecule has 1 unspecified atom stereocenters. The van der Waals surface area contributed by atoms with Gasteiger partial charge in [0, 0.05) is 31.7 Å². The molecule has 0 N–H and O–H groups in total. The largest absolute Gasteiger partial charge is 0.385 e. The van der Waals surface area contributed by atoms with Crippen molar-refractivity contribution in [3.05, 3.63) is 18.0 Å². The molecule has 4 heteroatoms. The van der Waals surface area contributed by atoms with Crippen LogP contribution >= 0.6 is 11.6 Å². The standard InChI is InChI=1S/C14H23ClN2O/c1-18-10-8-12(15)11-13-7-9-17(16-13)14-5-3-2-4-6-14/h7,9,12,14H,2-6,8,10-11H2,1H3. The van der Waals surface area contributed by atoms with Gasteiger partial charge in [0.05, 0.1) is 11.7 Å². The molecule has 1 atom stereocenters. The minimum absolute atomic E-state index is 0.125. The molecule has 2 rings (SSSR count). The lowest BCUT2D eigenvalue weighted by molar-refractivity contribution is 0.193. The second kappa shape index (κ2) is 7.15. The molecule has 18 heavy (non-hydrogen) atoms. The lowest BCUT2D eigenvalue weighted by Crippen LogP contribution is -2.14. The lowest BCUT2D eigenvalue weighted by Gasteiger charge is -2.21. The molecule has 0 bridgehead atoms. The zero-order valence-corrected chi connectivity index (χ0v) is 11.9. The van der Waals surface area contributed by atoms with E-state index in [1.807, 2.05) is 0 Å². The summed E-state index contributed by atoms with van der Waals surface area (Å²) in [7, 11) is 1.71. The molecule has 1 heterocycles. The molecule has 0 aliphatic heterocycles. The second-order valence-electron chi connectivity index (χ2n) is 5.16. The van der Waals surface area contributed by atoms with E-state index in [-0.39, 0.29) is 5.38 Å². The Morgan fingerprint density at radius 1 is 1.44 bits per heavy atom. The summed E-state index contributed by atoms with van der Waals surface area (Å²) in [4.78, 5) is 0. The van der Waals surface area contributed by atoms with Crippen LogP contribution in [0.4, 0.5) is 0 Å². The van der Waals surface area contributed by atoms with Gasteiger partial charge in [-0.3, -0.25) is 4.68 Å². The van der Waals surface area contributed by atoms with Crippen molar-refractivity contribution < 1.29 is 4.74 Å². The Balaban J connectivity index is 1.85. The van der Waals surface area contributed by atoms with E-state index < -0.39 is 0 Å². The summed E-state index contributed by atoms with van der Waals surface area (Å²) in [5.41, 5.74) is 1.11. The average Bonchev–Trinajstić information content (AvgIpc) is 2.86. The first-order valence-corrected chi connectivity index (χ1v) is 7.40. The van der Waals surface area contributed by atoms with E-state index in [1.54, 1.807) is 7.11 Å². The highest BCUT2D eigenvalue weighted by molar-refractivity contribution is 6.20. The number of rotatable bonds is 6. The Bertz CT molecular complexity index is 347. The van der Waals surface area contributed by atoms with E-state index in [0.717, 1.165) is 25.1 Å². The predicted octanol–water partition coefficient (Wildman–Crippen LogP) is 3.57. The molecule has 1 aliphatic carbocycles. The van der Waals surface area contributed by atoms with Crippen LogP contribution in [-0.2, 0) is 11.2 Å². The van der Waals surface area contributed by atoms with Crippen LogP contribution in [0.3, 0.4) is 0 Å². The van der Waals surface area contributed by atoms with Crippen LogP contribution in [0, 0.1) is 0 Å².